The van der Waals surface area contributed by atoms with Gasteiger partial charge in [-0.05, 0) is 30.9 Å². The van der Waals surface area contributed by atoms with Gasteiger partial charge in [-0.15, -0.1) is 0 Å². The van der Waals surface area contributed by atoms with Crippen molar-refractivity contribution in [2.24, 2.45) is 5.92 Å². The first kappa shape index (κ1) is 14.3. The fourth-order valence-corrected chi connectivity index (χ4v) is 2.46. The Morgan fingerprint density at radius 3 is 2.90 bits per heavy atom. The number of aliphatic hydroxyl groups is 1. The highest BCUT2D eigenvalue weighted by Gasteiger charge is 2.30. The van der Waals surface area contributed by atoms with Crippen molar-refractivity contribution in [2.45, 2.75) is 12.8 Å². The average Bonchev–Trinajstić information content (AvgIpc) is 2.86. The maximum absolute atomic E-state index is 12.3. The standard InChI is InChI=1S/C13H16N2O5/c16-6-4-9-3-5-14(8-9)13(18)11-7-10(17)1-2-12(11)15(19)20/h1-2,7,9,16-17H,3-6,8H2. The van der Waals surface area contributed by atoms with Crippen LogP contribution in [0.3, 0.4) is 0 Å². The summed E-state index contributed by atoms with van der Waals surface area (Å²) in [4.78, 5) is 24.2. The monoisotopic (exact) mass is 280 g/mol. The first-order valence-electron chi connectivity index (χ1n) is 6.40. The average molecular weight is 280 g/mol. The van der Waals surface area contributed by atoms with Gasteiger partial charge in [-0.25, -0.2) is 0 Å². The zero-order valence-corrected chi connectivity index (χ0v) is 10.9. The molecule has 7 nitrogen and oxygen atoms in total. The number of carbonyl (C=O) groups is 1. The summed E-state index contributed by atoms with van der Waals surface area (Å²) in [6.45, 7) is 1.06. The second kappa shape index (κ2) is 5.87. The Bertz CT molecular complexity index is 531. The first-order chi connectivity index (χ1) is 9.52. The molecule has 20 heavy (non-hydrogen) atoms. The third-order valence-electron chi connectivity index (χ3n) is 3.52. The lowest BCUT2D eigenvalue weighted by molar-refractivity contribution is -0.385. The number of nitro groups is 1. The number of benzene rings is 1. The largest absolute Gasteiger partial charge is 0.508 e. The number of hydrogen-bond donors (Lipinski definition) is 2. The van der Waals surface area contributed by atoms with Crippen molar-refractivity contribution in [3.8, 4) is 5.75 Å². The minimum atomic E-state index is -0.631. The Hall–Kier alpha value is -2.15. The molecule has 2 rings (SSSR count). The molecule has 2 N–H and O–H groups in total. The molecule has 1 saturated heterocycles. The highest BCUT2D eigenvalue weighted by molar-refractivity contribution is 5.98. The van der Waals surface area contributed by atoms with Crippen LogP contribution >= 0.6 is 0 Å². The predicted octanol–water partition coefficient (Wildman–Crippen LogP) is 1.14. The van der Waals surface area contributed by atoms with Gasteiger partial charge >= 0.3 is 0 Å². The topological polar surface area (TPSA) is 104 Å². The van der Waals surface area contributed by atoms with Crippen molar-refractivity contribution < 1.29 is 19.9 Å². The first-order valence-corrected chi connectivity index (χ1v) is 6.40. The smallest absolute Gasteiger partial charge is 0.282 e. The molecule has 1 fully saturated rings. The number of nitro benzene ring substituents is 1. The van der Waals surface area contributed by atoms with Crippen LogP contribution in [-0.2, 0) is 0 Å². The van der Waals surface area contributed by atoms with Crippen molar-refractivity contribution in [2.75, 3.05) is 19.7 Å². The number of phenolic OH excluding ortho intramolecular Hbond substituents is 1. The van der Waals surface area contributed by atoms with Gasteiger partial charge in [-0.3, -0.25) is 14.9 Å². The summed E-state index contributed by atoms with van der Waals surface area (Å²) in [6, 6.07) is 3.44. The van der Waals surface area contributed by atoms with Crippen LogP contribution in [0.25, 0.3) is 0 Å². The molecule has 1 atom stereocenters. The lowest BCUT2D eigenvalue weighted by atomic mass is 10.1. The van der Waals surface area contributed by atoms with Crippen molar-refractivity contribution in [3.05, 3.63) is 33.9 Å². The summed E-state index contributed by atoms with van der Waals surface area (Å²) in [7, 11) is 0. The summed E-state index contributed by atoms with van der Waals surface area (Å²) in [5.41, 5.74) is -0.405. The molecule has 1 aliphatic heterocycles. The molecule has 0 bridgehead atoms. The van der Waals surface area contributed by atoms with E-state index in [4.69, 9.17) is 5.11 Å². The van der Waals surface area contributed by atoms with E-state index < -0.39 is 10.8 Å². The highest BCUT2D eigenvalue weighted by atomic mass is 16.6. The zero-order chi connectivity index (χ0) is 14.7. The summed E-state index contributed by atoms with van der Waals surface area (Å²) in [6.07, 6.45) is 1.39. The van der Waals surface area contributed by atoms with Gasteiger partial charge in [0.25, 0.3) is 11.6 Å². The molecule has 0 saturated carbocycles. The van der Waals surface area contributed by atoms with Crippen LogP contribution < -0.4 is 0 Å². The maximum atomic E-state index is 12.3. The molecule has 1 amide bonds. The van der Waals surface area contributed by atoms with Gasteiger partial charge in [-0.2, -0.15) is 0 Å². The number of nitrogens with zero attached hydrogens (tertiary/aromatic N) is 2. The summed E-state index contributed by atoms with van der Waals surface area (Å²) >= 11 is 0. The summed E-state index contributed by atoms with van der Waals surface area (Å²) in [5.74, 6) is -0.404. The Kier molecular flexibility index (Phi) is 4.19. The Labute approximate surface area is 115 Å². The van der Waals surface area contributed by atoms with Crippen molar-refractivity contribution in [1.29, 1.82) is 0 Å². The van der Waals surface area contributed by atoms with Crippen molar-refractivity contribution in [1.82, 2.24) is 4.90 Å². The van der Waals surface area contributed by atoms with Crippen LogP contribution in [0.1, 0.15) is 23.2 Å². The van der Waals surface area contributed by atoms with Crippen molar-refractivity contribution >= 4 is 11.6 Å². The number of carbonyl (C=O) groups excluding carboxylic acids is 1. The fraction of sp³-hybridized carbons (Fsp3) is 0.462. The number of amides is 1. The van der Waals surface area contributed by atoms with Gasteiger partial charge in [0.05, 0.1) is 4.92 Å². The number of phenols is 1. The molecule has 0 aromatic heterocycles. The SMILES string of the molecule is O=C(c1cc(O)ccc1[N+](=O)[O-])N1CCC(CCO)C1. The Balaban J connectivity index is 2.21. The molecule has 1 heterocycles. The van der Waals surface area contributed by atoms with E-state index in [9.17, 15) is 20.0 Å². The number of aliphatic hydroxyl groups excluding tert-OH is 1. The number of aromatic hydroxyl groups is 1. The minimum Gasteiger partial charge on any atom is -0.508 e. The van der Waals surface area contributed by atoms with E-state index in [0.29, 0.717) is 19.5 Å². The molecule has 0 radical (unpaired) electrons. The Morgan fingerprint density at radius 2 is 2.25 bits per heavy atom. The highest BCUT2D eigenvalue weighted by Crippen LogP contribution is 2.27. The zero-order valence-electron chi connectivity index (χ0n) is 10.9. The van der Waals surface area contributed by atoms with Gasteiger partial charge in [0.1, 0.15) is 11.3 Å². The van der Waals surface area contributed by atoms with Crippen LogP contribution in [0.2, 0.25) is 0 Å². The third-order valence-corrected chi connectivity index (χ3v) is 3.52. The lowest BCUT2D eigenvalue weighted by Crippen LogP contribution is -2.29. The second-order valence-corrected chi connectivity index (χ2v) is 4.88. The molecular weight excluding hydrogens is 264 g/mol. The van der Waals surface area contributed by atoms with E-state index in [2.05, 4.69) is 0 Å². The number of rotatable bonds is 4. The summed E-state index contributed by atoms with van der Waals surface area (Å²) in [5, 5.41) is 29.3. The third kappa shape index (κ3) is 2.88. The van der Waals surface area contributed by atoms with Gasteiger partial charge in [-0.1, -0.05) is 0 Å². The Morgan fingerprint density at radius 1 is 1.50 bits per heavy atom. The quantitative estimate of drug-likeness (QED) is 0.636. The molecule has 0 spiro atoms. The molecule has 7 heteroatoms. The van der Waals surface area contributed by atoms with Crippen LogP contribution in [0.4, 0.5) is 5.69 Å². The molecule has 108 valence electrons. The number of likely N-dealkylation sites (tertiary alicyclic amines) is 1. The summed E-state index contributed by atoms with van der Waals surface area (Å²) < 4.78 is 0. The van der Waals surface area contributed by atoms with Crippen LogP contribution in [0.15, 0.2) is 18.2 Å². The minimum absolute atomic E-state index is 0.0684. The van der Waals surface area contributed by atoms with E-state index in [1.54, 1.807) is 0 Å². The van der Waals surface area contributed by atoms with E-state index in [1.165, 1.54) is 11.0 Å². The van der Waals surface area contributed by atoms with E-state index in [0.717, 1.165) is 18.6 Å². The van der Waals surface area contributed by atoms with Gasteiger partial charge < -0.3 is 15.1 Å². The molecule has 1 aromatic rings. The van der Waals surface area contributed by atoms with Crippen LogP contribution in [-0.4, -0.2) is 45.6 Å². The van der Waals surface area contributed by atoms with E-state index in [-0.39, 0.29) is 29.5 Å². The van der Waals surface area contributed by atoms with Gasteiger partial charge in [0, 0.05) is 25.8 Å². The van der Waals surface area contributed by atoms with Gasteiger partial charge in [0.15, 0.2) is 0 Å². The predicted molar refractivity (Wildman–Crippen MR) is 70.5 cm³/mol. The second-order valence-electron chi connectivity index (χ2n) is 4.88. The van der Waals surface area contributed by atoms with Crippen LogP contribution in [0.5, 0.6) is 5.75 Å². The van der Waals surface area contributed by atoms with Crippen LogP contribution in [0, 0.1) is 16.0 Å². The fourth-order valence-electron chi connectivity index (χ4n) is 2.46. The molecular formula is C13H16N2O5. The van der Waals surface area contributed by atoms with E-state index >= 15 is 0 Å². The molecule has 1 aromatic carbocycles. The van der Waals surface area contributed by atoms with E-state index in [1.807, 2.05) is 0 Å². The molecule has 0 aliphatic carbocycles. The molecule has 1 aliphatic rings. The van der Waals surface area contributed by atoms with Crippen molar-refractivity contribution in [3.63, 3.8) is 0 Å². The lowest BCUT2D eigenvalue weighted by Gasteiger charge is -2.16. The maximum Gasteiger partial charge on any atom is 0.282 e. The molecule has 1 unspecified atom stereocenters. The van der Waals surface area contributed by atoms with Gasteiger partial charge in [0.2, 0.25) is 0 Å². The normalized spacial score (nSPS) is 18.2. The number of hydrogen-bond acceptors (Lipinski definition) is 5.